The number of H-pyrrole nitrogens is 1. The predicted molar refractivity (Wildman–Crippen MR) is 71.3 cm³/mol. The predicted octanol–water partition coefficient (Wildman–Crippen LogP) is 3.59. The lowest BCUT2D eigenvalue weighted by molar-refractivity contribution is 0.513. The average molecular weight is 244 g/mol. The van der Waals surface area contributed by atoms with Gasteiger partial charge in [0.05, 0.1) is 0 Å². The van der Waals surface area contributed by atoms with E-state index in [0.717, 1.165) is 11.3 Å². The molecule has 15 heavy (non-hydrogen) atoms. The number of imidazole rings is 1. The van der Waals surface area contributed by atoms with E-state index in [2.05, 4.69) is 43.5 Å². The molecule has 2 nitrogen and oxygen atoms in total. The van der Waals surface area contributed by atoms with Crippen LogP contribution < -0.4 is 0 Å². The lowest BCUT2D eigenvalue weighted by atomic mass is 9.92. The molecule has 0 fully saturated rings. The average Bonchev–Trinajstić information content (AvgIpc) is 2.47. The third-order valence-electron chi connectivity index (χ3n) is 2.48. The maximum absolute atomic E-state index is 5.31. The van der Waals surface area contributed by atoms with E-state index >= 15 is 0 Å². The third-order valence-corrected chi connectivity index (χ3v) is 3.77. The number of hydrogen-bond donors (Lipinski definition) is 1. The second kappa shape index (κ2) is 4.74. The van der Waals surface area contributed by atoms with Crippen molar-refractivity contribution in [2.45, 2.75) is 44.9 Å². The first-order valence-electron chi connectivity index (χ1n) is 5.17. The summed E-state index contributed by atoms with van der Waals surface area (Å²) in [6.07, 6.45) is 4.17. The van der Waals surface area contributed by atoms with E-state index in [4.69, 9.17) is 12.2 Å². The summed E-state index contributed by atoms with van der Waals surface area (Å²) in [6, 6.07) is 0. The largest absolute Gasteiger partial charge is 0.337 e. The van der Waals surface area contributed by atoms with Gasteiger partial charge < -0.3 is 9.55 Å². The van der Waals surface area contributed by atoms with Crippen LogP contribution in [0.25, 0.3) is 0 Å². The monoisotopic (exact) mass is 244 g/mol. The van der Waals surface area contributed by atoms with Gasteiger partial charge in [-0.15, -0.1) is 0 Å². The van der Waals surface area contributed by atoms with Gasteiger partial charge in [-0.25, -0.2) is 0 Å². The van der Waals surface area contributed by atoms with Crippen molar-refractivity contribution in [2.24, 2.45) is 0 Å². The lowest BCUT2D eigenvalue weighted by Gasteiger charge is -2.22. The minimum Gasteiger partial charge on any atom is -0.337 e. The molecule has 0 aliphatic carbocycles. The number of rotatable bonds is 3. The van der Waals surface area contributed by atoms with E-state index in [9.17, 15) is 0 Å². The van der Waals surface area contributed by atoms with Crippen LogP contribution in [-0.4, -0.2) is 21.1 Å². The van der Waals surface area contributed by atoms with Crippen LogP contribution in [0.1, 0.15) is 33.4 Å². The third kappa shape index (κ3) is 3.11. The van der Waals surface area contributed by atoms with Gasteiger partial charge >= 0.3 is 0 Å². The van der Waals surface area contributed by atoms with Gasteiger partial charge in [-0.05, 0) is 18.5 Å². The van der Waals surface area contributed by atoms with Crippen molar-refractivity contribution in [3.8, 4) is 0 Å². The first-order valence-corrected chi connectivity index (χ1v) is 6.87. The molecule has 0 aliphatic rings. The van der Waals surface area contributed by atoms with Crippen molar-refractivity contribution < 1.29 is 0 Å². The normalized spacial score (nSPS) is 14.2. The van der Waals surface area contributed by atoms with Crippen LogP contribution in [0.4, 0.5) is 0 Å². The Kier molecular flexibility index (Phi) is 4.06. The van der Waals surface area contributed by atoms with E-state index in [0.29, 0.717) is 5.25 Å². The minimum absolute atomic E-state index is 0.145. The maximum Gasteiger partial charge on any atom is 0.177 e. The van der Waals surface area contributed by atoms with Gasteiger partial charge in [-0.3, -0.25) is 0 Å². The second-order valence-electron chi connectivity index (χ2n) is 4.89. The summed E-state index contributed by atoms with van der Waals surface area (Å²) in [5.41, 5.74) is 1.43. The zero-order valence-electron chi connectivity index (χ0n) is 10.1. The van der Waals surface area contributed by atoms with Gasteiger partial charge in [-0.1, -0.05) is 27.7 Å². The fourth-order valence-corrected chi connectivity index (χ4v) is 2.06. The molecule has 1 unspecified atom stereocenters. The molecule has 1 heterocycles. The number of nitrogens with one attached hydrogen (secondary N) is 1. The summed E-state index contributed by atoms with van der Waals surface area (Å²) in [7, 11) is 0. The van der Waals surface area contributed by atoms with Crippen LogP contribution in [0.15, 0.2) is 6.20 Å². The van der Waals surface area contributed by atoms with Crippen molar-refractivity contribution in [2.75, 3.05) is 6.26 Å². The van der Waals surface area contributed by atoms with Crippen molar-refractivity contribution in [1.82, 2.24) is 9.55 Å². The molecule has 1 N–H and O–H groups in total. The number of thioether (sulfide) groups is 1. The lowest BCUT2D eigenvalue weighted by Crippen LogP contribution is -2.20. The number of nitrogens with zero attached hydrogens (tertiary/aromatic N) is 1. The van der Waals surface area contributed by atoms with Crippen LogP contribution in [0.5, 0.6) is 0 Å². The Labute approximate surface area is 101 Å². The van der Waals surface area contributed by atoms with Crippen LogP contribution in [0.3, 0.4) is 0 Å². The number of aromatic nitrogens is 2. The molecular weight excluding hydrogens is 224 g/mol. The fourth-order valence-electron chi connectivity index (χ4n) is 1.53. The van der Waals surface area contributed by atoms with Gasteiger partial charge in [0.15, 0.2) is 4.77 Å². The Morgan fingerprint density at radius 3 is 2.60 bits per heavy atom. The molecular formula is C11H20N2S2. The summed E-state index contributed by atoms with van der Waals surface area (Å²) in [6.45, 7) is 9.85. The van der Waals surface area contributed by atoms with Crippen molar-refractivity contribution >= 4 is 24.0 Å². The van der Waals surface area contributed by atoms with Gasteiger partial charge in [-0.2, -0.15) is 11.8 Å². The van der Waals surface area contributed by atoms with Crippen LogP contribution in [0, 0.1) is 4.77 Å². The molecule has 0 amide bonds. The van der Waals surface area contributed by atoms with Crippen LogP contribution >= 0.6 is 24.0 Å². The highest BCUT2D eigenvalue weighted by atomic mass is 32.2. The molecule has 4 heteroatoms. The highest BCUT2D eigenvalue weighted by molar-refractivity contribution is 7.99. The minimum atomic E-state index is 0.145. The molecule has 1 atom stereocenters. The Hall–Kier alpha value is -0.220. The van der Waals surface area contributed by atoms with E-state index in [-0.39, 0.29) is 5.41 Å². The summed E-state index contributed by atoms with van der Waals surface area (Å²) < 4.78 is 3.05. The van der Waals surface area contributed by atoms with Gasteiger partial charge in [0.2, 0.25) is 0 Å². The van der Waals surface area contributed by atoms with E-state index in [1.807, 2.05) is 18.0 Å². The molecule has 1 aromatic rings. The highest BCUT2D eigenvalue weighted by Gasteiger charge is 2.19. The Balaban J connectivity index is 3.05. The highest BCUT2D eigenvalue weighted by Crippen LogP contribution is 2.23. The first kappa shape index (κ1) is 12.8. The topological polar surface area (TPSA) is 20.7 Å². The second-order valence-corrected chi connectivity index (χ2v) is 6.55. The number of aromatic amines is 1. The maximum atomic E-state index is 5.31. The Morgan fingerprint density at radius 2 is 2.13 bits per heavy atom. The van der Waals surface area contributed by atoms with Gasteiger partial charge in [0, 0.05) is 29.1 Å². The van der Waals surface area contributed by atoms with E-state index in [1.54, 1.807) is 0 Å². The molecule has 0 saturated heterocycles. The van der Waals surface area contributed by atoms with Crippen molar-refractivity contribution in [3.05, 3.63) is 16.7 Å². The molecule has 0 spiro atoms. The molecule has 1 rings (SSSR count). The first-order chi connectivity index (χ1) is 6.86. The molecule has 1 aromatic heterocycles. The molecule has 86 valence electrons. The SMILES string of the molecule is CSC(C)Cn1c(C(C)(C)C)c[nH]c1=S. The Morgan fingerprint density at radius 1 is 1.53 bits per heavy atom. The summed E-state index contributed by atoms with van der Waals surface area (Å²) in [5.74, 6) is 0. The quantitative estimate of drug-likeness (QED) is 0.820. The summed E-state index contributed by atoms with van der Waals surface area (Å²) in [4.78, 5) is 3.14. The van der Waals surface area contributed by atoms with Gasteiger partial charge in [0.25, 0.3) is 0 Å². The van der Waals surface area contributed by atoms with Crippen molar-refractivity contribution in [3.63, 3.8) is 0 Å². The van der Waals surface area contributed by atoms with Crippen molar-refractivity contribution in [1.29, 1.82) is 0 Å². The molecule has 0 bridgehead atoms. The summed E-state index contributed by atoms with van der Waals surface area (Å²) >= 11 is 7.18. The standard InChI is InChI=1S/C11H20N2S2/c1-8(15-5)7-13-9(11(2,3)4)6-12-10(13)14/h6,8H,7H2,1-5H3,(H,12,14). The fraction of sp³-hybridized carbons (Fsp3) is 0.727. The van der Waals surface area contributed by atoms with E-state index in [1.165, 1.54) is 5.69 Å². The summed E-state index contributed by atoms with van der Waals surface area (Å²) in [5, 5.41) is 0.591. The van der Waals surface area contributed by atoms with Crippen LogP contribution in [0.2, 0.25) is 0 Å². The Bertz CT molecular complexity index is 371. The van der Waals surface area contributed by atoms with Gasteiger partial charge in [0.1, 0.15) is 0 Å². The van der Waals surface area contributed by atoms with Crippen LogP contribution in [-0.2, 0) is 12.0 Å². The molecule has 0 saturated carbocycles. The molecule has 0 radical (unpaired) electrons. The molecule has 0 aromatic carbocycles. The zero-order valence-corrected chi connectivity index (χ0v) is 11.8. The zero-order chi connectivity index (χ0) is 11.6. The number of hydrogen-bond acceptors (Lipinski definition) is 2. The molecule has 0 aliphatic heterocycles. The smallest absolute Gasteiger partial charge is 0.177 e. The van der Waals surface area contributed by atoms with E-state index < -0.39 is 0 Å².